The molecule has 1 aromatic heterocycles. The predicted molar refractivity (Wildman–Crippen MR) is 73.1 cm³/mol. The van der Waals surface area contributed by atoms with Crippen molar-refractivity contribution in [3.8, 4) is 0 Å². The van der Waals surface area contributed by atoms with Crippen LogP contribution in [0.3, 0.4) is 0 Å². The lowest BCUT2D eigenvalue weighted by molar-refractivity contribution is -0.161. The second-order valence-electron chi connectivity index (χ2n) is 5.29. The standard InChI is InChI=1S/C13H22N4O2/c1-3-10-11(14)12(16(2)15-10)17-6-4-5-13(9-17)18-7-8-19-13/h3-9,14H2,1-2H3. The van der Waals surface area contributed by atoms with Crippen LogP contribution in [-0.2, 0) is 22.9 Å². The van der Waals surface area contributed by atoms with Gasteiger partial charge in [0.1, 0.15) is 0 Å². The zero-order valence-electron chi connectivity index (χ0n) is 11.7. The van der Waals surface area contributed by atoms with Crippen molar-refractivity contribution in [1.82, 2.24) is 9.78 Å². The van der Waals surface area contributed by atoms with E-state index in [1.165, 1.54) is 0 Å². The molecule has 3 heterocycles. The molecule has 0 bridgehead atoms. The van der Waals surface area contributed by atoms with Crippen molar-refractivity contribution in [1.29, 1.82) is 0 Å². The van der Waals surface area contributed by atoms with Gasteiger partial charge in [-0.1, -0.05) is 6.92 Å². The van der Waals surface area contributed by atoms with Gasteiger partial charge in [-0.05, 0) is 12.8 Å². The molecule has 0 amide bonds. The molecule has 6 nitrogen and oxygen atoms in total. The number of anilines is 2. The number of hydrogen-bond donors (Lipinski definition) is 1. The predicted octanol–water partition coefficient (Wildman–Crippen LogP) is 0.908. The summed E-state index contributed by atoms with van der Waals surface area (Å²) in [5.41, 5.74) is 7.98. The molecule has 2 fully saturated rings. The number of aromatic nitrogens is 2. The lowest BCUT2D eigenvalue weighted by atomic mass is 10.0. The van der Waals surface area contributed by atoms with Gasteiger partial charge in [-0.15, -0.1) is 0 Å². The minimum absolute atomic E-state index is 0.429. The first kappa shape index (κ1) is 12.7. The maximum atomic E-state index is 6.23. The lowest BCUT2D eigenvalue weighted by Gasteiger charge is -2.39. The third kappa shape index (κ3) is 2.08. The van der Waals surface area contributed by atoms with Crippen molar-refractivity contribution in [2.45, 2.75) is 32.0 Å². The van der Waals surface area contributed by atoms with E-state index in [0.29, 0.717) is 13.2 Å². The van der Waals surface area contributed by atoms with Crippen molar-refractivity contribution in [3.63, 3.8) is 0 Å². The third-order valence-corrected chi connectivity index (χ3v) is 3.99. The minimum Gasteiger partial charge on any atom is -0.394 e. The second kappa shape index (κ2) is 4.68. The van der Waals surface area contributed by atoms with Crippen LogP contribution < -0.4 is 10.6 Å². The first-order valence-electron chi connectivity index (χ1n) is 6.99. The zero-order valence-corrected chi connectivity index (χ0v) is 11.7. The van der Waals surface area contributed by atoms with Crippen LogP contribution in [0.5, 0.6) is 0 Å². The summed E-state index contributed by atoms with van der Waals surface area (Å²) >= 11 is 0. The fraction of sp³-hybridized carbons (Fsp3) is 0.769. The summed E-state index contributed by atoms with van der Waals surface area (Å²) in [4.78, 5) is 2.25. The van der Waals surface area contributed by atoms with E-state index in [1.807, 2.05) is 11.7 Å². The van der Waals surface area contributed by atoms with E-state index >= 15 is 0 Å². The largest absolute Gasteiger partial charge is 0.394 e. The van der Waals surface area contributed by atoms with Crippen molar-refractivity contribution < 1.29 is 9.47 Å². The molecule has 106 valence electrons. The van der Waals surface area contributed by atoms with Crippen molar-refractivity contribution in [2.75, 3.05) is 36.9 Å². The van der Waals surface area contributed by atoms with Crippen LogP contribution in [-0.4, -0.2) is 41.9 Å². The van der Waals surface area contributed by atoms with Crippen LogP contribution in [0.2, 0.25) is 0 Å². The highest BCUT2D eigenvalue weighted by molar-refractivity contribution is 5.66. The van der Waals surface area contributed by atoms with Gasteiger partial charge < -0.3 is 20.1 Å². The van der Waals surface area contributed by atoms with Gasteiger partial charge in [0, 0.05) is 20.0 Å². The normalized spacial score (nSPS) is 22.3. The number of nitrogens with zero attached hydrogens (tertiary/aromatic N) is 3. The summed E-state index contributed by atoms with van der Waals surface area (Å²) in [6.45, 7) is 5.16. The maximum Gasteiger partial charge on any atom is 0.186 e. The summed E-state index contributed by atoms with van der Waals surface area (Å²) in [5, 5.41) is 4.49. The van der Waals surface area contributed by atoms with Crippen LogP contribution in [0.25, 0.3) is 0 Å². The van der Waals surface area contributed by atoms with Gasteiger partial charge in [-0.3, -0.25) is 4.68 Å². The summed E-state index contributed by atoms with van der Waals surface area (Å²) < 4.78 is 13.5. The average molecular weight is 266 g/mol. The van der Waals surface area contributed by atoms with Crippen molar-refractivity contribution >= 4 is 11.5 Å². The Hall–Kier alpha value is -1.27. The van der Waals surface area contributed by atoms with Crippen LogP contribution in [0.4, 0.5) is 11.5 Å². The van der Waals surface area contributed by atoms with E-state index in [0.717, 1.165) is 49.6 Å². The van der Waals surface area contributed by atoms with Crippen LogP contribution >= 0.6 is 0 Å². The molecule has 0 aromatic carbocycles. The quantitative estimate of drug-likeness (QED) is 0.862. The van der Waals surface area contributed by atoms with Gasteiger partial charge in [0.25, 0.3) is 0 Å². The highest BCUT2D eigenvalue weighted by Crippen LogP contribution is 2.35. The van der Waals surface area contributed by atoms with Gasteiger partial charge in [-0.2, -0.15) is 5.10 Å². The summed E-state index contributed by atoms with van der Waals surface area (Å²) in [6, 6.07) is 0. The van der Waals surface area contributed by atoms with E-state index in [2.05, 4.69) is 16.9 Å². The molecule has 2 aliphatic rings. The van der Waals surface area contributed by atoms with E-state index in [9.17, 15) is 0 Å². The summed E-state index contributed by atoms with van der Waals surface area (Å²) in [6.07, 6.45) is 2.86. The number of aryl methyl sites for hydroxylation is 2. The second-order valence-corrected chi connectivity index (χ2v) is 5.29. The molecule has 2 saturated heterocycles. The van der Waals surface area contributed by atoms with Crippen molar-refractivity contribution in [2.24, 2.45) is 7.05 Å². The molecule has 6 heteroatoms. The Labute approximate surface area is 113 Å². The Balaban J connectivity index is 1.87. The Morgan fingerprint density at radius 3 is 2.74 bits per heavy atom. The molecule has 3 rings (SSSR count). The lowest BCUT2D eigenvalue weighted by Crippen LogP contribution is -2.49. The third-order valence-electron chi connectivity index (χ3n) is 3.99. The number of rotatable bonds is 2. The van der Waals surface area contributed by atoms with Gasteiger partial charge in [0.05, 0.1) is 31.1 Å². The van der Waals surface area contributed by atoms with Crippen LogP contribution in [0.15, 0.2) is 0 Å². The Kier molecular flexibility index (Phi) is 3.14. The fourth-order valence-corrected chi connectivity index (χ4v) is 3.12. The monoisotopic (exact) mass is 266 g/mol. The Morgan fingerprint density at radius 2 is 2.11 bits per heavy atom. The minimum atomic E-state index is -0.429. The highest BCUT2D eigenvalue weighted by Gasteiger charge is 2.41. The topological polar surface area (TPSA) is 65.5 Å². The van der Waals surface area contributed by atoms with Gasteiger partial charge in [-0.25, -0.2) is 0 Å². The van der Waals surface area contributed by atoms with Crippen LogP contribution in [0, 0.1) is 0 Å². The van der Waals surface area contributed by atoms with Crippen molar-refractivity contribution in [3.05, 3.63) is 5.69 Å². The molecule has 1 spiro atoms. The Morgan fingerprint density at radius 1 is 1.37 bits per heavy atom. The molecule has 2 aliphatic heterocycles. The average Bonchev–Trinajstić information content (AvgIpc) is 2.95. The molecule has 0 unspecified atom stereocenters. The van der Waals surface area contributed by atoms with E-state index in [1.54, 1.807) is 0 Å². The smallest absolute Gasteiger partial charge is 0.186 e. The molecular weight excluding hydrogens is 244 g/mol. The number of ether oxygens (including phenoxy) is 2. The highest BCUT2D eigenvalue weighted by atomic mass is 16.7. The first-order valence-corrected chi connectivity index (χ1v) is 6.99. The molecule has 0 atom stereocenters. The first-order chi connectivity index (χ1) is 9.15. The molecule has 0 aliphatic carbocycles. The molecule has 19 heavy (non-hydrogen) atoms. The molecule has 0 saturated carbocycles. The van der Waals surface area contributed by atoms with Gasteiger partial charge in [0.15, 0.2) is 11.6 Å². The van der Waals surface area contributed by atoms with E-state index < -0.39 is 5.79 Å². The molecule has 0 radical (unpaired) electrons. The number of hydrogen-bond acceptors (Lipinski definition) is 5. The van der Waals surface area contributed by atoms with Crippen LogP contribution in [0.1, 0.15) is 25.5 Å². The number of nitrogen functional groups attached to an aromatic ring is 1. The zero-order chi connectivity index (χ0) is 13.5. The number of piperidine rings is 1. The maximum absolute atomic E-state index is 6.23. The van der Waals surface area contributed by atoms with Gasteiger partial charge >= 0.3 is 0 Å². The summed E-state index contributed by atoms with van der Waals surface area (Å²) in [5.74, 6) is 0.566. The number of nitrogens with two attached hydrogens (primary N) is 1. The molecule has 1 aromatic rings. The fourth-order valence-electron chi connectivity index (χ4n) is 3.12. The summed E-state index contributed by atoms with van der Waals surface area (Å²) in [7, 11) is 1.95. The van der Waals surface area contributed by atoms with E-state index in [4.69, 9.17) is 15.2 Å². The van der Waals surface area contributed by atoms with Gasteiger partial charge in [0.2, 0.25) is 0 Å². The SMILES string of the molecule is CCc1nn(C)c(N2CCCC3(C2)OCCO3)c1N. The Bertz CT molecular complexity index is 465. The van der Waals surface area contributed by atoms with E-state index in [-0.39, 0.29) is 0 Å². The molecule has 2 N–H and O–H groups in total. The molecular formula is C13H22N4O2.